The number of hydrogen-bond acceptors (Lipinski definition) is 3. The second kappa shape index (κ2) is 7.63. The van der Waals surface area contributed by atoms with Crippen molar-refractivity contribution in [2.45, 2.75) is 39.2 Å². The van der Waals surface area contributed by atoms with E-state index in [4.69, 9.17) is 9.84 Å². The van der Waals surface area contributed by atoms with Gasteiger partial charge in [-0.15, -0.1) is 0 Å². The van der Waals surface area contributed by atoms with E-state index in [1.54, 1.807) is 6.92 Å². The van der Waals surface area contributed by atoms with Crippen molar-refractivity contribution in [2.75, 3.05) is 6.61 Å². The van der Waals surface area contributed by atoms with Gasteiger partial charge in [0.1, 0.15) is 6.10 Å². The van der Waals surface area contributed by atoms with Crippen molar-refractivity contribution >= 4 is 5.97 Å². The highest BCUT2D eigenvalue weighted by molar-refractivity contribution is 5.69. The summed E-state index contributed by atoms with van der Waals surface area (Å²) >= 11 is 0. The monoisotopic (exact) mass is 184 g/mol. The third-order valence-corrected chi connectivity index (χ3v) is 1.35. The summed E-state index contributed by atoms with van der Waals surface area (Å²) in [4.78, 5) is 10.9. The maximum Gasteiger partial charge on any atom is 0.306 e. The highest BCUT2D eigenvalue weighted by Crippen LogP contribution is 1.95. The molecule has 13 heavy (non-hydrogen) atoms. The van der Waals surface area contributed by atoms with E-state index < -0.39 is 6.10 Å². The zero-order valence-electron chi connectivity index (χ0n) is 8.17. The molecule has 0 aromatic heterocycles. The summed E-state index contributed by atoms with van der Waals surface area (Å²) in [5.41, 5.74) is 0. The van der Waals surface area contributed by atoms with Gasteiger partial charge in [0.2, 0.25) is 0 Å². The molecule has 0 aliphatic heterocycles. The number of hydrogen-bond donors (Lipinski definition) is 1. The Morgan fingerprint density at radius 1 is 1.62 bits per heavy atom. The minimum Gasteiger partial charge on any atom is -0.452 e. The molecule has 0 bridgehead atoms. The predicted molar refractivity (Wildman–Crippen MR) is 49.9 cm³/mol. The van der Waals surface area contributed by atoms with E-state index in [1.165, 1.54) is 0 Å². The molecule has 1 atom stereocenters. The van der Waals surface area contributed by atoms with Crippen LogP contribution in [-0.2, 0) is 9.53 Å². The van der Waals surface area contributed by atoms with E-state index >= 15 is 0 Å². The lowest BCUT2D eigenvalue weighted by molar-refractivity contribution is -0.142. The minimum absolute atomic E-state index is 0.0768. The normalized spacial score (nSPS) is 11.3. The maximum atomic E-state index is 10.9. The maximum absolute atomic E-state index is 10.9. The highest BCUT2D eigenvalue weighted by Gasteiger charge is 1.98. The van der Waals surface area contributed by atoms with Crippen molar-refractivity contribution in [3.8, 4) is 11.8 Å². The van der Waals surface area contributed by atoms with E-state index in [-0.39, 0.29) is 12.6 Å². The van der Waals surface area contributed by atoms with Crippen LogP contribution in [0.15, 0.2) is 0 Å². The third kappa shape index (κ3) is 8.90. The third-order valence-electron chi connectivity index (χ3n) is 1.35. The van der Waals surface area contributed by atoms with Crippen LogP contribution < -0.4 is 0 Å². The second-order valence-corrected chi connectivity index (χ2v) is 2.76. The first kappa shape index (κ1) is 12.0. The highest BCUT2D eigenvalue weighted by atomic mass is 16.5. The van der Waals surface area contributed by atoms with Gasteiger partial charge in [-0.05, 0) is 13.3 Å². The van der Waals surface area contributed by atoms with Crippen LogP contribution in [0.25, 0.3) is 0 Å². The molecule has 1 N–H and O–H groups in total. The lowest BCUT2D eigenvalue weighted by atomic mass is 10.2. The van der Waals surface area contributed by atoms with Gasteiger partial charge in [-0.2, -0.15) is 0 Å². The van der Waals surface area contributed by atoms with Gasteiger partial charge in [0.05, 0.1) is 0 Å². The fourth-order valence-electron chi connectivity index (χ4n) is 0.699. The van der Waals surface area contributed by atoms with Crippen molar-refractivity contribution in [1.29, 1.82) is 0 Å². The molecule has 0 spiro atoms. The molecular weight excluding hydrogens is 168 g/mol. The van der Waals surface area contributed by atoms with Crippen LogP contribution >= 0.6 is 0 Å². The summed E-state index contributed by atoms with van der Waals surface area (Å²) in [5, 5.41) is 8.74. The topological polar surface area (TPSA) is 46.5 Å². The molecule has 1 unspecified atom stereocenters. The van der Waals surface area contributed by atoms with Crippen LogP contribution in [0.5, 0.6) is 0 Å². The smallest absolute Gasteiger partial charge is 0.306 e. The Kier molecular flexibility index (Phi) is 7.04. The van der Waals surface area contributed by atoms with Gasteiger partial charge < -0.3 is 9.84 Å². The SMILES string of the molecule is CCCCC(=O)OCC#CC(C)O. The number of aliphatic hydroxyl groups excluding tert-OH is 1. The van der Waals surface area contributed by atoms with Gasteiger partial charge in [0, 0.05) is 6.42 Å². The van der Waals surface area contributed by atoms with E-state index in [0.717, 1.165) is 12.8 Å². The average molecular weight is 184 g/mol. The summed E-state index contributed by atoms with van der Waals surface area (Å²) in [7, 11) is 0. The summed E-state index contributed by atoms with van der Waals surface area (Å²) in [6.07, 6.45) is 1.62. The van der Waals surface area contributed by atoms with Crippen LogP contribution in [0.1, 0.15) is 33.1 Å². The van der Waals surface area contributed by atoms with Gasteiger partial charge in [0.15, 0.2) is 6.61 Å². The summed E-state index contributed by atoms with van der Waals surface area (Å²) in [5.74, 6) is 4.81. The Labute approximate surface area is 79.1 Å². The van der Waals surface area contributed by atoms with Gasteiger partial charge in [-0.25, -0.2) is 0 Å². The molecule has 0 radical (unpaired) electrons. The van der Waals surface area contributed by atoms with Crippen LogP contribution in [0.4, 0.5) is 0 Å². The zero-order chi connectivity index (χ0) is 10.1. The molecule has 3 nitrogen and oxygen atoms in total. The van der Waals surface area contributed by atoms with Crippen LogP contribution in [-0.4, -0.2) is 23.8 Å². The van der Waals surface area contributed by atoms with Gasteiger partial charge in [0.25, 0.3) is 0 Å². The number of aliphatic hydroxyl groups is 1. The Balaban J connectivity index is 3.44. The molecule has 0 heterocycles. The Morgan fingerprint density at radius 2 is 2.31 bits per heavy atom. The Hall–Kier alpha value is -1.01. The molecule has 0 saturated carbocycles. The molecule has 0 saturated heterocycles. The number of unbranched alkanes of at least 4 members (excludes halogenated alkanes) is 1. The molecule has 3 heteroatoms. The van der Waals surface area contributed by atoms with Gasteiger partial charge >= 0.3 is 5.97 Å². The zero-order valence-corrected chi connectivity index (χ0v) is 8.17. The number of rotatable bonds is 4. The number of esters is 1. The largest absolute Gasteiger partial charge is 0.452 e. The molecule has 0 aromatic rings. The van der Waals surface area contributed by atoms with Crippen molar-refractivity contribution in [3.63, 3.8) is 0 Å². The van der Waals surface area contributed by atoms with Crippen molar-refractivity contribution in [3.05, 3.63) is 0 Å². The predicted octanol–water partition coefficient (Wildman–Crippen LogP) is 1.10. The number of carbonyl (C=O) groups excluding carboxylic acids is 1. The fourth-order valence-corrected chi connectivity index (χ4v) is 0.699. The van der Waals surface area contributed by atoms with Gasteiger partial charge in [-0.1, -0.05) is 25.2 Å². The number of ether oxygens (including phenoxy) is 1. The first-order chi connectivity index (χ1) is 6.16. The van der Waals surface area contributed by atoms with Crippen LogP contribution in [0, 0.1) is 11.8 Å². The molecule has 0 fully saturated rings. The summed E-state index contributed by atoms with van der Waals surface area (Å²) in [6, 6.07) is 0. The molecule has 0 aliphatic rings. The lowest BCUT2D eigenvalue weighted by Crippen LogP contribution is -2.04. The molecule has 0 aromatic carbocycles. The average Bonchev–Trinajstić information content (AvgIpc) is 2.08. The standard InChI is InChI=1S/C10H16O3/c1-3-4-7-10(12)13-8-5-6-9(2)11/h9,11H,3-4,7-8H2,1-2H3. The van der Waals surface area contributed by atoms with E-state index in [9.17, 15) is 4.79 Å². The van der Waals surface area contributed by atoms with Gasteiger partial charge in [-0.3, -0.25) is 4.79 Å². The second-order valence-electron chi connectivity index (χ2n) is 2.76. The van der Waals surface area contributed by atoms with Crippen molar-refractivity contribution in [2.24, 2.45) is 0 Å². The van der Waals surface area contributed by atoms with E-state index in [0.29, 0.717) is 6.42 Å². The molecule has 0 amide bonds. The first-order valence-corrected chi connectivity index (χ1v) is 4.49. The Morgan fingerprint density at radius 3 is 2.85 bits per heavy atom. The molecule has 0 rings (SSSR count). The van der Waals surface area contributed by atoms with E-state index in [2.05, 4.69) is 11.8 Å². The Bertz CT molecular complexity index is 198. The molecular formula is C10H16O3. The minimum atomic E-state index is -0.658. The van der Waals surface area contributed by atoms with Crippen molar-refractivity contribution in [1.82, 2.24) is 0 Å². The first-order valence-electron chi connectivity index (χ1n) is 4.49. The van der Waals surface area contributed by atoms with Crippen LogP contribution in [0.2, 0.25) is 0 Å². The van der Waals surface area contributed by atoms with Crippen molar-refractivity contribution < 1.29 is 14.6 Å². The molecule has 74 valence electrons. The summed E-state index contributed by atoms with van der Waals surface area (Å²) in [6.45, 7) is 3.65. The molecule has 0 aliphatic carbocycles. The quantitative estimate of drug-likeness (QED) is 0.525. The van der Waals surface area contributed by atoms with E-state index in [1.807, 2.05) is 6.92 Å². The number of carbonyl (C=O) groups is 1. The summed E-state index contributed by atoms with van der Waals surface area (Å²) < 4.78 is 4.77. The fraction of sp³-hybridized carbons (Fsp3) is 0.700. The van der Waals surface area contributed by atoms with Crippen LogP contribution in [0.3, 0.4) is 0 Å². The lowest BCUT2D eigenvalue weighted by Gasteiger charge is -1.98.